The highest BCUT2D eigenvalue weighted by Gasteiger charge is 2.20. The maximum atomic E-state index is 12.3. The number of nitrogens with two attached hydrogens (primary N) is 1. The van der Waals surface area contributed by atoms with Gasteiger partial charge in [0.25, 0.3) is 5.91 Å². The lowest BCUT2D eigenvalue weighted by molar-refractivity contribution is 0.0768. The van der Waals surface area contributed by atoms with Crippen molar-refractivity contribution in [3.8, 4) is 0 Å². The molecule has 7 heteroatoms. The zero-order valence-corrected chi connectivity index (χ0v) is 11.9. The molecule has 1 rings (SSSR count). The molecule has 0 heterocycles. The molecule has 0 saturated heterocycles. The summed E-state index contributed by atoms with van der Waals surface area (Å²) in [7, 11) is 0. The number of hydrogen-bond acceptors (Lipinski definition) is 3. The summed E-state index contributed by atoms with van der Waals surface area (Å²) in [4.78, 5) is 13.9. The molecule has 0 atom stereocenters. The van der Waals surface area contributed by atoms with Crippen molar-refractivity contribution in [1.82, 2.24) is 4.90 Å². The zero-order valence-electron chi connectivity index (χ0n) is 10.4. The van der Waals surface area contributed by atoms with Gasteiger partial charge in [0.15, 0.2) is 0 Å². The summed E-state index contributed by atoms with van der Waals surface area (Å²) >= 11 is 12.0. The zero-order chi connectivity index (χ0) is 14.4. The molecule has 0 aliphatic carbocycles. The molecule has 0 aliphatic rings. The van der Waals surface area contributed by atoms with E-state index in [1.54, 1.807) is 18.2 Å². The molecule has 0 fully saturated rings. The van der Waals surface area contributed by atoms with Crippen LogP contribution in [0.5, 0.6) is 0 Å². The van der Waals surface area contributed by atoms with E-state index in [4.69, 9.17) is 34.1 Å². The van der Waals surface area contributed by atoms with Gasteiger partial charge in [-0.05, 0) is 19.1 Å². The maximum absolute atomic E-state index is 12.3. The Morgan fingerprint density at radius 3 is 2.47 bits per heavy atom. The molecule has 1 aromatic rings. The number of amides is 1. The molecule has 3 N–H and O–H groups in total. The fourth-order valence-electron chi connectivity index (χ4n) is 1.56. The third-order valence-corrected chi connectivity index (χ3v) is 3.24. The normalized spacial score (nSPS) is 11.4. The van der Waals surface area contributed by atoms with Crippen LogP contribution in [-0.4, -0.2) is 34.9 Å². The van der Waals surface area contributed by atoms with Crippen LogP contribution in [0, 0.1) is 0 Å². The van der Waals surface area contributed by atoms with Crippen molar-refractivity contribution in [3.05, 3.63) is 33.8 Å². The van der Waals surface area contributed by atoms with Crippen LogP contribution in [0.3, 0.4) is 0 Å². The van der Waals surface area contributed by atoms with Gasteiger partial charge in [-0.1, -0.05) is 34.4 Å². The van der Waals surface area contributed by atoms with Gasteiger partial charge in [0.1, 0.15) is 5.84 Å². The van der Waals surface area contributed by atoms with Crippen LogP contribution in [0.2, 0.25) is 10.0 Å². The van der Waals surface area contributed by atoms with Crippen LogP contribution in [0.1, 0.15) is 23.7 Å². The van der Waals surface area contributed by atoms with E-state index in [0.717, 1.165) is 0 Å². The predicted octanol–water partition coefficient (Wildman–Crippen LogP) is 2.59. The summed E-state index contributed by atoms with van der Waals surface area (Å²) in [6, 6.07) is 4.89. The second-order valence-electron chi connectivity index (χ2n) is 3.82. The van der Waals surface area contributed by atoms with Crippen molar-refractivity contribution in [2.75, 3.05) is 13.1 Å². The first-order chi connectivity index (χ1) is 9.01. The van der Waals surface area contributed by atoms with Crippen molar-refractivity contribution in [1.29, 1.82) is 0 Å². The summed E-state index contributed by atoms with van der Waals surface area (Å²) in [6.45, 7) is 2.63. The van der Waals surface area contributed by atoms with E-state index in [1.165, 1.54) is 4.90 Å². The maximum Gasteiger partial charge on any atom is 0.256 e. The summed E-state index contributed by atoms with van der Waals surface area (Å²) in [5, 5.41) is 12.0. The van der Waals surface area contributed by atoms with Gasteiger partial charge < -0.3 is 15.8 Å². The molecule has 1 aromatic carbocycles. The van der Waals surface area contributed by atoms with E-state index in [1.807, 2.05) is 6.92 Å². The van der Waals surface area contributed by atoms with Gasteiger partial charge in [0, 0.05) is 19.5 Å². The molecule has 0 bridgehead atoms. The molecule has 0 aromatic heterocycles. The van der Waals surface area contributed by atoms with Crippen LogP contribution in [0.25, 0.3) is 0 Å². The minimum Gasteiger partial charge on any atom is -0.409 e. The van der Waals surface area contributed by atoms with Crippen LogP contribution in [-0.2, 0) is 0 Å². The van der Waals surface area contributed by atoms with Gasteiger partial charge >= 0.3 is 0 Å². The Labute approximate surface area is 121 Å². The average Bonchev–Trinajstić information content (AvgIpc) is 2.38. The molecule has 19 heavy (non-hydrogen) atoms. The summed E-state index contributed by atoms with van der Waals surface area (Å²) < 4.78 is 0. The van der Waals surface area contributed by atoms with Gasteiger partial charge in [-0.15, -0.1) is 0 Å². The highest BCUT2D eigenvalue weighted by atomic mass is 35.5. The summed E-state index contributed by atoms with van der Waals surface area (Å²) in [6.07, 6.45) is 0.276. The Morgan fingerprint density at radius 2 is 2.00 bits per heavy atom. The van der Waals surface area contributed by atoms with Crippen LogP contribution in [0.4, 0.5) is 0 Å². The Morgan fingerprint density at radius 1 is 1.42 bits per heavy atom. The Bertz CT molecular complexity index is 472. The monoisotopic (exact) mass is 303 g/mol. The van der Waals surface area contributed by atoms with E-state index < -0.39 is 0 Å². The molecular weight excluding hydrogens is 289 g/mol. The van der Waals surface area contributed by atoms with Crippen molar-refractivity contribution < 1.29 is 10.0 Å². The quantitative estimate of drug-likeness (QED) is 0.380. The van der Waals surface area contributed by atoms with Crippen molar-refractivity contribution in [2.24, 2.45) is 10.9 Å². The molecule has 5 nitrogen and oxygen atoms in total. The molecule has 0 radical (unpaired) electrons. The van der Waals surface area contributed by atoms with Crippen LogP contribution >= 0.6 is 23.2 Å². The van der Waals surface area contributed by atoms with E-state index in [-0.39, 0.29) is 23.7 Å². The molecule has 0 unspecified atom stereocenters. The molecular formula is C12H15Cl2N3O2. The SMILES string of the molecule is CCN(CCC(N)=NO)C(=O)c1c(Cl)cccc1Cl. The smallest absolute Gasteiger partial charge is 0.256 e. The van der Waals surface area contributed by atoms with Gasteiger partial charge in [-0.2, -0.15) is 0 Å². The number of carbonyl (C=O) groups excluding carboxylic acids is 1. The van der Waals surface area contributed by atoms with Gasteiger partial charge in [-0.3, -0.25) is 4.79 Å². The Kier molecular flexibility index (Phi) is 5.92. The minimum atomic E-state index is -0.274. The number of oxime groups is 1. The highest BCUT2D eigenvalue weighted by Crippen LogP contribution is 2.25. The van der Waals surface area contributed by atoms with Crippen molar-refractivity contribution in [2.45, 2.75) is 13.3 Å². The molecule has 0 aliphatic heterocycles. The fourth-order valence-corrected chi connectivity index (χ4v) is 2.12. The number of nitrogens with zero attached hydrogens (tertiary/aromatic N) is 2. The molecule has 104 valence electrons. The van der Waals surface area contributed by atoms with Crippen molar-refractivity contribution in [3.63, 3.8) is 0 Å². The van der Waals surface area contributed by atoms with Gasteiger partial charge in [-0.25, -0.2) is 0 Å². The number of halogens is 2. The van der Waals surface area contributed by atoms with E-state index in [0.29, 0.717) is 23.1 Å². The number of benzene rings is 1. The lowest BCUT2D eigenvalue weighted by atomic mass is 10.2. The average molecular weight is 304 g/mol. The second kappa shape index (κ2) is 7.21. The second-order valence-corrected chi connectivity index (χ2v) is 4.64. The van der Waals surface area contributed by atoms with Gasteiger partial charge in [0.2, 0.25) is 0 Å². The number of hydrogen-bond donors (Lipinski definition) is 2. The lowest BCUT2D eigenvalue weighted by Gasteiger charge is -2.21. The summed E-state index contributed by atoms with van der Waals surface area (Å²) in [5.41, 5.74) is 5.66. The largest absolute Gasteiger partial charge is 0.409 e. The fraction of sp³-hybridized carbons (Fsp3) is 0.333. The minimum absolute atomic E-state index is 0.0662. The third-order valence-electron chi connectivity index (χ3n) is 2.61. The number of carbonyl (C=O) groups is 1. The Hall–Kier alpha value is -1.46. The number of amidine groups is 1. The van der Waals surface area contributed by atoms with Gasteiger partial charge in [0.05, 0.1) is 15.6 Å². The van der Waals surface area contributed by atoms with Crippen LogP contribution in [0.15, 0.2) is 23.4 Å². The van der Waals surface area contributed by atoms with E-state index >= 15 is 0 Å². The molecule has 0 saturated carbocycles. The third kappa shape index (κ3) is 4.01. The Balaban J connectivity index is 2.90. The first-order valence-corrected chi connectivity index (χ1v) is 6.46. The first kappa shape index (κ1) is 15.6. The highest BCUT2D eigenvalue weighted by molar-refractivity contribution is 6.39. The predicted molar refractivity (Wildman–Crippen MR) is 76.1 cm³/mol. The van der Waals surface area contributed by atoms with Crippen molar-refractivity contribution >= 4 is 34.9 Å². The topological polar surface area (TPSA) is 78.9 Å². The van der Waals surface area contributed by atoms with E-state index in [9.17, 15) is 4.79 Å². The number of rotatable bonds is 5. The van der Waals surface area contributed by atoms with E-state index in [2.05, 4.69) is 5.16 Å². The van der Waals surface area contributed by atoms with Crippen LogP contribution < -0.4 is 5.73 Å². The standard InChI is InChI=1S/C12H15Cl2N3O2/c1-2-17(7-6-10(15)16-19)12(18)11-8(13)4-3-5-9(11)14/h3-5,19H,2,6-7H2,1H3,(H2,15,16). The summed E-state index contributed by atoms with van der Waals surface area (Å²) in [5.74, 6) is -0.208. The lowest BCUT2D eigenvalue weighted by Crippen LogP contribution is -2.34. The first-order valence-electron chi connectivity index (χ1n) is 5.71. The molecule has 0 spiro atoms. The molecule has 1 amide bonds.